The molecule has 0 aliphatic rings. The minimum atomic E-state index is -0.842. The summed E-state index contributed by atoms with van der Waals surface area (Å²) < 4.78 is 0. The molecule has 14 heavy (non-hydrogen) atoms. The lowest BCUT2D eigenvalue weighted by molar-refractivity contribution is -0.132. The minimum Gasteiger partial charge on any atom is -0.478 e. The van der Waals surface area contributed by atoms with E-state index < -0.39 is 5.97 Å². The van der Waals surface area contributed by atoms with Crippen LogP contribution in [0.5, 0.6) is 0 Å². The maximum Gasteiger partial charge on any atom is 0.331 e. The smallest absolute Gasteiger partial charge is 0.331 e. The predicted molar refractivity (Wildman–Crippen MR) is 57.0 cm³/mol. The second-order valence-corrected chi connectivity index (χ2v) is 3.13. The van der Waals surface area contributed by atoms with Crippen LogP contribution in [0.25, 0.3) is 5.57 Å². The van der Waals surface area contributed by atoms with Crippen molar-refractivity contribution in [3.05, 3.63) is 41.5 Å². The van der Waals surface area contributed by atoms with Gasteiger partial charge in [0.15, 0.2) is 0 Å². The Bertz CT molecular complexity index is 350. The molecule has 0 unspecified atom stereocenters. The van der Waals surface area contributed by atoms with Gasteiger partial charge in [-0.15, -0.1) is 0 Å². The van der Waals surface area contributed by atoms with Crippen molar-refractivity contribution in [1.82, 2.24) is 0 Å². The van der Waals surface area contributed by atoms with Gasteiger partial charge in [0.1, 0.15) is 0 Å². The van der Waals surface area contributed by atoms with Crippen LogP contribution in [0.1, 0.15) is 25.8 Å². The number of carboxylic acid groups (broad SMARTS) is 1. The topological polar surface area (TPSA) is 37.3 Å². The molecule has 1 rings (SSSR count). The molecular weight excluding hydrogens is 176 g/mol. The molecule has 1 N–H and O–H groups in total. The molecule has 0 saturated heterocycles. The molecule has 0 atom stereocenters. The average Bonchev–Trinajstić information content (AvgIpc) is 2.20. The summed E-state index contributed by atoms with van der Waals surface area (Å²) >= 11 is 0. The Kier molecular flexibility index (Phi) is 3.46. The highest BCUT2D eigenvalue weighted by Gasteiger charge is 2.08. The molecule has 1 aromatic carbocycles. The molecule has 1 aromatic rings. The summed E-state index contributed by atoms with van der Waals surface area (Å²) in [6.45, 7) is 3.61. The van der Waals surface area contributed by atoms with Crippen LogP contribution in [0.4, 0.5) is 0 Å². The van der Waals surface area contributed by atoms with E-state index in [0.29, 0.717) is 5.57 Å². The maximum atomic E-state index is 10.8. The molecule has 0 heterocycles. The number of aliphatic carboxylic acids is 1. The summed E-state index contributed by atoms with van der Waals surface area (Å²) in [5, 5.41) is 8.89. The highest BCUT2D eigenvalue weighted by atomic mass is 16.4. The average molecular weight is 190 g/mol. The summed E-state index contributed by atoms with van der Waals surface area (Å²) in [7, 11) is 0. The van der Waals surface area contributed by atoms with Crippen LogP contribution in [0.3, 0.4) is 0 Å². The van der Waals surface area contributed by atoms with E-state index in [9.17, 15) is 4.79 Å². The zero-order valence-electron chi connectivity index (χ0n) is 8.45. The summed E-state index contributed by atoms with van der Waals surface area (Å²) in [6, 6.07) is 9.63. The molecule has 0 bridgehead atoms. The minimum absolute atomic E-state index is 0.429. The third-order valence-electron chi connectivity index (χ3n) is 2.25. The van der Waals surface area contributed by atoms with Gasteiger partial charge in [0.2, 0.25) is 0 Å². The number of hydrogen-bond acceptors (Lipinski definition) is 1. The van der Waals surface area contributed by atoms with Crippen molar-refractivity contribution < 1.29 is 9.90 Å². The number of benzene rings is 1. The van der Waals surface area contributed by atoms with E-state index in [0.717, 1.165) is 17.6 Å². The molecule has 0 amide bonds. The first-order valence-corrected chi connectivity index (χ1v) is 4.65. The lowest BCUT2D eigenvalue weighted by atomic mass is 9.99. The van der Waals surface area contributed by atoms with E-state index in [1.165, 1.54) is 0 Å². The first kappa shape index (κ1) is 10.5. The van der Waals surface area contributed by atoms with Crippen LogP contribution < -0.4 is 0 Å². The SMILES string of the molecule is CCC(=C(C)C(=O)O)c1ccccc1. The Morgan fingerprint density at radius 3 is 2.29 bits per heavy atom. The van der Waals surface area contributed by atoms with E-state index in [2.05, 4.69) is 0 Å². The van der Waals surface area contributed by atoms with Gasteiger partial charge in [0.05, 0.1) is 0 Å². The molecule has 74 valence electrons. The van der Waals surface area contributed by atoms with Crippen molar-refractivity contribution in [2.45, 2.75) is 20.3 Å². The van der Waals surface area contributed by atoms with Gasteiger partial charge in [-0.2, -0.15) is 0 Å². The van der Waals surface area contributed by atoms with E-state index in [1.54, 1.807) is 6.92 Å². The molecule has 0 aliphatic carbocycles. The summed E-state index contributed by atoms with van der Waals surface area (Å²) in [5.74, 6) is -0.842. The van der Waals surface area contributed by atoms with Gasteiger partial charge in [-0.1, -0.05) is 37.3 Å². The Morgan fingerprint density at radius 2 is 1.86 bits per heavy atom. The van der Waals surface area contributed by atoms with Gasteiger partial charge in [-0.05, 0) is 24.5 Å². The van der Waals surface area contributed by atoms with E-state index >= 15 is 0 Å². The molecule has 2 nitrogen and oxygen atoms in total. The monoisotopic (exact) mass is 190 g/mol. The lowest BCUT2D eigenvalue weighted by Crippen LogP contribution is -2.00. The normalized spacial score (nSPS) is 12.1. The van der Waals surface area contributed by atoms with Gasteiger partial charge in [-0.25, -0.2) is 4.79 Å². The molecule has 0 radical (unpaired) electrons. The molecule has 2 heteroatoms. The third kappa shape index (κ3) is 2.22. The zero-order chi connectivity index (χ0) is 10.6. The number of allylic oxidation sites excluding steroid dienone is 1. The molecule has 0 fully saturated rings. The zero-order valence-corrected chi connectivity index (χ0v) is 8.45. The van der Waals surface area contributed by atoms with Crippen LogP contribution in [0, 0.1) is 0 Å². The largest absolute Gasteiger partial charge is 0.478 e. The Hall–Kier alpha value is -1.57. The summed E-state index contributed by atoms with van der Waals surface area (Å²) in [6.07, 6.45) is 0.738. The summed E-state index contributed by atoms with van der Waals surface area (Å²) in [4.78, 5) is 10.8. The summed E-state index contributed by atoms with van der Waals surface area (Å²) in [5.41, 5.74) is 2.33. The Balaban J connectivity index is 3.17. The predicted octanol–water partition coefficient (Wildman–Crippen LogP) is 2.95. The molecular formula is C12H14O2. The first-order chi connectivity index (χ1) is 6.66. The van der Waals surface area contributed by atoms with E-state index in [-0.39, 0.29) is 0 Å². The third-order valence-corrected chi connectivity index (χ3v) is 2.25. The Labute approximate surface area is 83.9 Å². The van der Waals surface area contributed by atoms with Crippen LogP contribution in [-0.2, 0) is 4.79 Å². The molecule has 0 spiro atoms. The number of hydrogen-bond donors (Lipinski definition) is 1. The van der Waals surface area contributed by atoms with Crippen molar-refractivity contribution in [3.63, 3.8) is 0 Å². The molecule has 0 aromatic heterocycles. The van der Waals surface area contributed by atoms with Crippen molar-refractivity contribution in [3.8, 4) is 0 Å². The number of rotatable bonds is 3. The maximum absolute atomic E-state index is 10.8. The van der Waals surface area contributed by atoms with Gasteiger partial charge in [0, 0.05) is 5.57 Å². The van der Waals surface area contributed by atoms with Crippen molar-refractivity contribution in [2.75, 3.05) is 0 Å². The van der Waals surface area contributed by atoms with Gasteiger partial charge in [0.25, 0.3) is 0 Å². The fourth-order valence-electron chi connectivity index (χ4n) is 1.45. The van der Waals surface area contributed by atoms with Crippen LogP contribution in [0.2, 0.25) is 0 Å². The van der Waals surface area contributed by atoms with Crippen molar-refractivity contribution in [1.29, 1.82) is 0 Å². The van der Waals surface area contributed by atoms with E-state index in [4.69, 9.17) is 5.11 Å². The second-order valence-electron chi connectivity index (χ2n) is 3.13. The fraction of sp³-hybridized carbons (Fsp3) is 0.250. The highest BCUT2D eigenvalue weighted by molar-refractivity contribution is 5.95. The lowest BCUT2D eigenvalue weighted by Gasteiger charge is -2.07. The highest BCUT2D eigenvalue weighted by Crippen LogP contribution is 2.21. The quantitative estimate of drug-likeness (QED) is 0.744. The number of carbonyl (C=O) groups is 1. The van der Waals surface area contributed by atoms with Crippen molar-refractivity contribution in [2.24, 2.45) is 0 Å². The van der Waals surface area contributed by atoms with Crippen molar-refractivity contribution >= 4 is 11.5 Å². The number of carboxylic acids is 1. The molecule has 0 aliphatic heterocycles. The van der Waals surface area contributed by atoms with Gasteiger partial charge in [-0.3, -0.25) is 0 Å². The van der Waals surface area contributed by atoms with E-state index in [1.807, 2.05) is 37.3 Å². The second kappa shape index (κ2) is 4.61. The van der Waals surface area contributed by atoms with Crippen LogP contribution in [0.15, 0.2) is 35.9 Å². The van der Waals surface area contributed by atoms with Gasteiger partial charge >= 0.3 is 5.97 Å². The first-order valence-electron chi connectivity index (χ1n) is 4.65. The Morgan fingerprint density at radius 1 is 1.29 bits per heavy atom. The van der Waals surface area contributed by atoms with Gasteiger partial charge < -0.3 is 5.11 Å². The fourth-order valence-corrected chi connectivity index (χ4v) is 1.45. The standard InChI is InChI=1S/C12H14O2/c1-3-11(9(2)12(13)14)10-7-5-4-6-8-10/h4-8H,3H2,1-2H3,(H,13,14). The van der Waals surface area contributed by atoms with Crippen LogP contribution >= 0.6 is 0 Å². The van der Waals surface area contributed by atoms with Crippen LogP contribution in [-0.4, -0.2) is 11.1 Å². The molecule has 0 saturated carbocycles.